The fourth-order valence-electron chi connectivity index (χ4n) is 3.53. The normalized spacial score (nSPS) is 13.4. The van der Waals surface area contributed by atoms with Crippen molar-refractivity contribution in [3.05, 3.63) is 77.5 Å². The zero-order chi connectivity index (χ0) is 30.3. The Morgan fingerprint density at radius 1 is 0.739 bits per heavy atom. The molecule has 0 spiro atoms. The number of nitrogens with zero attached hydrogens (tertiary/aromatic N) is 4. The predicted molar refractivity (Wildman–Crippen MR) is 127 cm³/mol. The van der Waals surface area contributed by atoms with E-state index in [9.17, 15) is 55.6 Å². The average Bonchev–Trinajstić information content (AvgIpc) is 3.40. The Morgan fingerprint density at radius 3 is 1.61 bits per heavy atom. The minimum atomic E-state index is -4.80. The van der Waals surface area contributed by atoms with Crippen LogP contribution in [0.5, 0.6) is 5.88 Å². The third-order valence-corrected chi connectivity index (χ3v) is 7.11. The van der Waals surface area contributed by atoms with Gasteiger partial charge in [-0.15, -0.1) is 0 Å². The van der Waals surface area contributed by atoms with Gasteiger partial charge in [-0.2, -0.15) is 15.2 Å². The number of carboxylic acids is 2. The first-order valence-electron chi connectivity index (χ1n) is 10.8. The number of aliphatic carboxylic acids is 1. The van der Waals surface area contributed by atoms with Gasteiger partial charge in [0, 0.05) is 5.56 Å². The SMILES string of the molecule is O=C([O-])C1=NN(c2ccc(S(=O)(=O)[O-])cc2)C(=O)C1=CC=Cc1c(C(=O)[O-])nn(-c2ccc(S(=O)(=O)[O-])cc2)c1[O-].[Na+].[Na+].[Na+].[Na+].[Na+]. The standard InChI is InChI=1S/C23H16N4O12S2.5Na/c28-20-16(18(22(30)31)24-26(20)12-4-8-14(9-5-12)40(34,35)36)2-1-3-17-19(23(32)33)25-27(21(17)29)13-6-10-15(11-7-13)41(37,38)39;;;;;/h1-11,28H,(H,30,31)(H,32,33)(H,34,35,36)(H,37,38,39);;;;;/q;5*+1/p-5. The second kappa shape index (κ2) is 19.3. The Bertz CT molecular complexity index is 1930. The summed E-state index contributed by atoms with van der Waals surface area (Å²) in [5, 5.41) is 43.9. The number of carbonyl (C=O) groups excluding carboxylic acids is 3. The number of hydrazone groups is 1. The zero-order valence-corrected chi connectivity index (χ0v) is 36.5. The van der Waals surface area contributed by atoms with Gasteiger partial charge in [-0.1, -0.05) is 12.2 Å². The maximum Gasteiger partial charge on any atom is 1.00 e. The van der Waals surface area contributed by atoms with E-state index in [0.29, 0.717) is 9.69 Å². The molecule has 1 aliphatic heterocycles. The van der Waals surface area contributed by atoms with Gasteiger partial charge >= 0.3 is 148 Å². The summed E-state index contributed by atoms with van der Waals surface area (Å²) in [5.41, 5.74) is -3.05. The van der Waals surface area contributed by atoms with Crippen LogP contribution >= 0.6 is 0 Å². The molecule has 1 aromatic heterocycles. The Hall–Kier alpha value is -0.170. The number of rotatable bonds is 8. The molecule has 46 heavy (non-hydrogen) atoms. The van der Waals surface area contributed by atoms with Gasteiger partial charge in [0.25, 0.3) is 5.91 Å². The summed E-state index contributed by atoms with van der Waals surface area (Å²) >= 11 is 0. The number of hydrogen-bond donors (Lipinski definition) is 0. The van der Waals surface area contributed by atoms with Crippen LogP contribution in [0.25, 0.3) is 11.8 Å². The Balaban J connectivity index is 0. The van der Waals surface area contributed by atoms with E-state index in [1.807, 2.05) is 0 Å². The van der Waals surface area contributed by atoms with Gasteiger partial charge in [0.2, 0.25) is 0 Å². The van der Waals surface area contributed by atoms with Crippen LogP contribution < -0.4 is 168 Å². The molecule has 212 valence electrons. The van der Waals surface area contributed by atoms with Crippen molar-refractivity contribution in [3.8, 4) is 11.6 Å². The van der Waals surface area contributed by atoms with Crippen molar-refractivity contribution in [2.24, 2.45) is 5.10 Å². The fourth-order valence-corrected chi connectivity index (χ4v) is 4.47. The van der Waals surface area contributed by atoms with Crippen molar-refractivity contribution >= 4 is 55.6 Å². The van der Waals surface area contributed by atoms with Crippen LogP contribution in [-0.2, 0) is 29.8 Å². The van der Waals surface area contributed by atoms with Crippen LogP contribution in [0, 0.1) is 0 Å². The number of carboxylic acid groups (broad SMARTS) is 2. The van der Waals surface area contributed by atoms with Crippen LogP contribution in [0.3, 0.4) is 0 Å². The molecular formula is C23H11N4Na5O12S2. The van der Waals surface area contributed by atoms with Crippen LogP contribution in [0.2, 0.25) is 0 Å². The van der Waals surface area contributed by atoms with Gasteiger partial charge in [-0.25, -0.2) is 21.5 Å². The molecule has 23 heteroatoms. The van der Waals surface area contributed by atoms with Crippen molar-refractivity contribution in [2.45, 2.75) is 9.79 Å². The smallest absolute Gasteiger partial charge is 0.858 e. The molecule has 0 bridgehead atoms. The van der Waals surface area contributed by atoms with Crippen LogP contribution in [0.4, 0.5) is 5.69 Å². The van der Waals surface area contributed by atoms with Crippen molar-refractivity contribution in [1.82, 2.24) is 9.78 Å². The molecule has 2 heterocycles. The summed E-state index contributed by atoms with van der Waals surface area (Å²) in [5.74, 6) is -5.82. The number of hydrogen-bond acceptors (Lipinski definition) is 14. The average molecular weight is 714 g/mol. The molecule has 3 aromatic rings. The second-order valence-corrected chi connectivity index (χ2v) is 10.7. The Kier molecular flexibility index (Phi) is 20.1. The van der Waals surface area contributed by atoms with Crippen molar-refractivity contribution < 1.29 is 203 Å². The first kappa shape index (κ1) is 47.9. The predicted octanol–water partition coefficient (Wildman–Crippen LogP) is -17.8. The maximum absolute atomic E-state index is 12.9. The van der Waals surface area contributed by atoms with Crippen molar-refractivity contribution in [2.75, 3.05) is 5.01 Å². The number of benzene rings is 2. The molecule has 1 aliphatic rings. The fraction of sp³-hybridized carbons (Fsp3) is 0. The number of aromatic nitrogens is 2. The van der Waals surface area contributed by atoms with Gasteiger partial charge < -0.3 is 34.0 Å². The van der Waals surface area contributed by atoms with Crippen LogP contribution in [-0.4, -0.2) is 59.3 Å². The molecule has 0 radical (unpaired) electrons. The Morgan fingerprint density at radius 2 is 1.20 bits per heavy atom. The van der Waals surface area contributed by atoms with E-state index < -0.39 is 76.3 Å². The topological polar surface area (TPSA) is 268 Å². The number of aromatic carboxylic acids is 1. The second-order valence-electron chi connectivity index (χ2n) is 7.96. The first-order valence-corrected chi connectivity index (χ1v) is 13.6. The molecule has 0 unspecified atom stereocenters. The summed E-state index contributed by atoms with van der Waals surface area (Å²) in [6.07, 6.45) is 2.72. The summed E-state index contributed by atoms with van der Waals surface area (Å²) < 4.78 is 67.3. The number of carbonyl (C=O) groups is 3. The summed E-state index contributed by atoms with van der Waals surface area (Å²) in [4.78, 5) is 34.8. The van der Waals surface area contributed by atoms with E-state index in [0.717, 1.165) is 66.8 Å². The van der Waals surface area contributed by atoms with E-state index >= 15 is 0 Å². The molecular weight excluding hydrogens is 703 g/mol. The van der Waals surface area contributed by atoms with Crippen LogP contribution in [0.1, 0.15) is 16.1 Å². The molecule has 0 fully saturated rings. The summed E-state index contributed by atoms with van der Waals surface area (Å²) in [6.45, 7) is 0. The molecule has 1 amide bonds. The van der Waals surface area contributed by atoms with Crippen molar-refractivity contribution in [1.29, 1.82) is 0 Å². The third kappa shape index (κ3) is 10.9. The Labute approximate surface area is 372 Å². The van der Waals surface area contributed by atoms with Gasteiger partial charge in [0.15, 0.2) is 0 Å². The molecule has 16 nitrogen and oxygen atoms in total. The molecule has 0 atom stereocenters. The quantitative estimate of drug-likeness (QED) is 0.119. The molecule has 0 N–H and O–H groups in total. The first-order chi connectivity index (χ1) is 19.1. The third-order valence-electron chi connectivity index (χ3n) is 5.41. The molecule has 0 saturated carbocycles. The van der Waals surface area contributed by atoms with E-state index in [4.69, 9.17) is 0 Å². The number of allylic oxidation sites excluding steroid dienone is 2. The minimum absolute atomic E-state index is 0. The molecule has 0 aliphatic carbocycles. The molecule has 2 aromatic carbocycles. The van der Waals surface area contributed by atoms with Gasteiger partial charge in [-0.05, 0) is 60.5 Å². The largest absolute Gasteiger partial charge is 1.00 e. The van der Waals surface area contributed by atoms with Gasteiger partial charge in [-0.3, -0.25) is 4.79 Å². The van der Waals surface area contributed by atoms with Crippen LogP contribution in [0.15, 0.2) is 81.1 Å². The van der Waals surface area contributed by atoms with E-state index in [2.05, 4.69) is 10.2 Å². The summed E-state index contributed by atoms with van der Waals surface area (Å²) in [7, 11) is -9.59. The van der Waals surface area contributed by atoms with Crippen molar-refractivity contribution in [3.63, 3.8) is 0 Å². The van der Waals surface area contributed by atoms with E-state index in [1.54, 1.807) is 0 Å². The monoisotopic (exact) mass is 714 g/mol. The molecule has 4 rings (SSSR count). The van der Waals surface area contributed by atoms with E-state index in [-0.39, 0.29) is 159 Å². The minimum Gasteiger partial charge on any atom is -0.858 e. The molecule has 0 saturated heterocycles. The number of amides is 1. The summed E-state index contributed by atoms with van der Waals surface area (Å²) in [6, 6.07) is 7.63. The maximum atomic E-state index is 12.9. The number of anilines is 1. The van der Waals surface area contributed by atoms with Gasteiger partial charge in [0.1, 0.15) is 31.6 Å². The zero-order valence-electron chi connectivity index (χ0n) is 24.9. The van der Waals surface area contributed by atoms with Gasteiger partial charge in [0.05, 0.1) is 38.7 Å². The van der Waals surface area contributed by atoms with E-state index in [1.165, 1.54) is 0 Å².